The molecule has 0 bridgehead atoms. The molecule has 2 aromatic carbocycles. The second kappa shape index (κ2) is 9.83. The lowest BCUT2D eigenvalue weighted by Gasteiger charge is -2.12. The Labute approximate surface area is 187 Å². The van der Waals surface area contributed by atoms with Gasteiger partial charge in [-0.25, -0.2) is 4.68 Å². The quantitative estimate of drug-likeness (QED) is 0.484. The van der Waals surface area contributed by atoms with Crippen LogP contribution in [0.1, 0.15) is 30.5 Å². The Kier molecular flexibility index (Phi) is 7.17. The van der Waals surface area contributed by atoms with Crippen molar-refractivity contribution in [3.8, 4) is 28.5 Å². The highest BCUT2D eigenvalue weighted by Gasteiger charge is 2.13. The average molecular weight is 440 g/mol. The molecule has 1 heterocycles. The normalized spacial score (nSPS) is 12.1. The minimum absolute atomic E-state index is 0.161. The van der Waals surface area contributed by atoms with E-state index in [-0.39, 0.29) is 6.04 Å². The molecule has 0 saturated carbocycles. The van der Waals surface area contributed by atoms with Crippen LogP contribution in [0.5, 0.6) is 17.2 Å². The van der Waals surface area contributed by atoms with E-state index in [9.17, 15) is 0 Å². The third kappa shape index (κ3) is 4.99. The summed E-state index contributed by atoms with van der Waals surface area (Å²) in [5.41, 5.74) is 5.43. The summed E-state index contributed by atoms with van der Waals surface area (Å²) < 4.78 is 18.2. The fourth-order valence-corrected chi connectivity index (χ4v) is 4.09. The van der Waals surface area contributed by atoms with Crippen molar-refractivity contribution in [2.24, 2.45) is 10.1 Å². The number of methoxy groups -OCH3 is 3. The summed E-state index contributed by atoms with van der Waals surface area (Å²) in [6.45, 7) is 8.35. The molecule has 0 spiro atoms. The molecular weight excluding hydrogens is 410 g/mol. The second-order valence-electron chi connectivity index (χ2n) is 7.44. The molecule has 1 aromatic heterocycles. The number of hydrogen-bond donors (Lipinski definition) is 0. The molecule has 0 aliphatic carbocycles. The van der Waals surface area contributed by atoms with Gasteiger partial charge in [-0.2, -0.15) is 5.10 Å². The zero-order valence-corrected chi connectivity index (χ0v) is 19.9. The van der Waals surface area contributed by atoms with Crippen molar-refractivity contribution in [3.05, 3.63) is 57.2 Å². The summed E-state index contributed by atoms with van der Waals surface area (Å²) in [5, 5.41) is 6.88. The number of thiazole rings is 1. The van der Waals surface area contributed by atoms with Crippen LogP contribution < -0.4 is 19.0 Å². The lowest BCUT2D eigenvalue weighted by Crippen LogP contribution is -2.14. The van der Waals surface area contributed by atoms with E-state index in [4.69, 9.17) is 24.3 Å². The molecule has 0 N–H and O–H groups in total. The summed E-state index contributed by atoms with van der Waals surface area (Å²) in [4.78, 5) is 5.59. The van der Waals surface area contributed by atoms with E-state index < -0.39 is 0 Å². The standard InChI is InChI=1S/C24H29N3O3S/c1-15(2)26-24-27(20(14-31-24)19-9-8-16(3)17(4)10-19)25-13-18-11-21(28-5)23(30-7)22(12-18)29-6/h8-15H,1-7H3. The number of ether oxygens (including phenoxy) is 3. The Morgan fingerprint density at radius 3 is 2.16 bits per heavy atom. The molecule has 6 nitrogen and oxygen atoms in total. The third-order valence-corrected chi connectivity index (χ3v) is 5.70. The van der Waals surface area contributed by atoms with Crippen molar-refractivity contribution in [2.75, 3.05) is 21.3 Å². The zero-order chi connectivity index (χ0) is 22.5. The van der Waals surface area contributed by atoms with Crippen molar-refractivity contribution in [2.45, 2.75) is 33.7 Å². The fraction of sp³-hybridized carbons (Fsp3) is 0.333. The van der Waals surface area contributed by atoms with Gasteiger partial charge in [0, 0.05) is 22.5 Å². The fourth-order valence-electron chi connectivity index (χ4n) is 3.12. The van der Waals surface area contributed by atoms with Crippen LogP contribution in [0.4, 0.5) is 0 Å². The van der Waals surface area contributed by atoms with Gasteiger partial charge in [0.2, 0.25) is 10.6 Å². The van der Waals surface area contributed by atoms with Gasteiger partial charge in [-0.15, -0.1) is 11.3 Å². The van der Waals surface area contributed by atoms with Crippen molar-refractivity contribution in [3.63, 3.8) is 0 Å². The third-order valence-electron chi connectivity index (χ3n) is 4.87. The number of aryl methyl sites for hydroxylation is 2. The first-order valence-corrected chi connectivity index (χ1v) is 10.9. The maximum absolute atomic E-state index is 5.46. The van der Waals surface area contributed by atoms with Crippen molar-refractivity contribution in [1.29, 1.82) is 0 Å². The number of benzene rings is 2. The minimum Gasteiger partial charge on any atom is -0.493 e. The van der Waals surface area contributed by atoms with Crippen molar-refractivity contribution in [1.82, 2.24) is 4.68 Å². The van der Waals surface area contributed by atoms with Gasteiger partial charge in [-0.05, 0) is 57.0 Å². The van der Waals surface area contributed by atoms with Gasteiger partial charge >= 0.3 is 0 Å². The highest BCUT2D eigenvalue weighted by Crippen LogP contribution is 2.37. The summed E-state index contributed by atoms with van der Waals surface area (Å²) in [7, 11) is 4.79. The molecule has 0 atom stereocenters. The largest absolute Gasteiger partial charge is 0.493 e. The highest BCUT2D eigenvalue weighted by molar-refractivity contribution is 7.07. The van der Waals surface area contributed by atoms with Gasteiger partial charge in [0.1, 0.15) is 0 Å². The molecule has 3 rings (SSSR count). The van der Waals surface area contributed by atoms with E-state index in [1.54, 1.807) is 38.9 Å². The average Bonchev–Trinajstić information content (AvgIpc) is 3.14. The Bertz CT molecular complexity index is 1130. The number of rotatable bonds is 7. The zero-order valence-electron chi connectivity index (χ0n) is 19.1. The number of nitrogens with zero attached hydrogens (tertiary/aromatic N) is 3. The van der Waals surface area contributed by atoms with Crippen LogP contribution >= 0.6 is 11.3 Å². The molecule has 7 heteroatoms. The van der Waals surface area contributed by atoms with Gasteiger partial charge in [-0.1, -0.05) is 12.1 Å². The van der Waals surface area contributed by atoms with Crippen LogP contribution in [0.2, 0.25) is 0 Å². The molecule has 0 aliphatic rings. The molecule has 0 fully saturated rings. The first kappa shape index (κ1) is 22.6. The molecule has 0 radical (unpaired) electrons. The van der Waals surface area contributed by atoms with Crippen molar-refractivity contribution >= 4 is 17.6 Å². The minimum atomic E-state index is 0.161. The van der Waals surface area contributed by atoms with Crippen molar-refractivity contribution < 1.29 is 14.2 Å². The van der Waals surface area contributed by atoms with Crippen LogP contribution in [-0.4, -0.2) is 38.3 Å². The summed E-state index contributed by atoms with van der Waals surface area (Å²) in [6, 6.07) is 10.3. The number of hydrogen-bond acceptors (Lipinski definition) is 6. The summed E-state index contributed by atoms with van der Waals surface area (Å²) in [6.07, 6.45) is 1.78. The maximum Gasteiger partial charge on any atom is 0.206 e. The Morgan fingerprint density at radius 2 is 1.61 bits per heavy atom. The molecule has 31 heavy (non-hydrogen) atoms. The van der Waals surface area contributed by atoms with E-state index in [1.807, 2.05) is 16.8 Å². The predicted molar refractivity (Wildman–Crippen MR) is 127 cm³/mol. The molecular formula is C24H29N3O3S. The Hall–Kier alpha value is -3.06. The summed E-state index contributed by atoms with van der Waals surface area (Å²) >= 11 is 1.58. The van der Waals surface area contributed by atoms with Crippen LogP contribution in [0.3, 0.4) is 0 Å². The molecule has 0 aliphatic heterocycles. The van der Waals surface area contributed by atoms with Crippen LogP contribution in [0, 0.1) is 13.8 Å². The second-order valence-corrected chi connectivity index (χ2v) is 8.28. The molecule has 0 saturated heterocycles. The van der Waals surface area contributed by atoms with E-state index in [0.717, 1.165) is 21.6 Å². The van der Waals surface area contributed by atoms with Gasteiger partial charge in [0.25, 0.3) is 0 Å². The Balaban J connectivity index is 2.13. The van der Waals surface area contributed by atoms with E-state index in [1.165, 1.54) is 11.1 Å². The first-order chi connectivity index (χ1) is 14.9. The van der Waals surface area contributed by atoms with E-state index in [0.29, 0.717) is 17.2 Å². The van der Waals surface area contributed by atoms with E-state index in [2.05, 4.69) is 51.3 Å². The topological polar surface area (TPSA) is 57.3 Å². The van der Waals surface area contributed by atoms with Gasteiger partial charge in [-0.3, -0.25) is 4.99 Å². The molecule has 3 aromatic rings. The monoisotopic (exact) mass is 439 g/mol. The summed E-state index contributed by atoms with van der Waals surface area (Å²) in [5.74, 6) is 1.72. The van der Waals surface area contributed by atoms with Gasteiger partial charge < -0.3 is 14.2 Å². The maximum atomic E-state index is 5.46. The highest BCUT2D eigenvalue weighted by atomic mass is 32.1. The molecule has 0 unspecified atom stereocenters. The van der Waals surface area contributed by atoms with Crippen LogP contribution in [0.15, 0.2) is 45.8 Å². The van der Waals surface area contributed by atoms with Crippen LogP contribution in [0.25, 0.3) is 11.3 Å². The lowest BCUT2D eigenvalue weighted by molar-refractivity contribution is 0.324. The smallest absolute Gasteiger partial charge is 0.206 e. The van der Waals surface area contributed by atoms with Gasteiger partial charge in [0.15, 0.2) is 11.5 Å². The van der Waals surface area contributed by atoms with Gasteiger partial charge in [0.05, 0.1) is 33.2 Å². The molecule has 164 valence electrons. The predicted octanol–water partition coefficient (Wildman–Crippen LogP) is 5.05. The Morgan fingerprint density at radius 1 is 0.935 bits per heavy atom. The van der Waals surface area contributed by atoms with E-state index >= 15 is 0 Å². The lowest BCUT2D eigenvalue weighted by atomic mass is 10.1. The molecule has 0 amide bonds. The van der Waals surface area contributed by atoms with Crippen LogP contribution in [-0.2, 0) is 0 Å². The number of aromatic nitrogens is 1. The first-order valence-electron chi connectivity index (χ1n) is 10.0. The SMILES string of the molecule is COc1cc(C=Nn2c(-c3ccc(C)c(C)c3)csc2=NC(C)C)cc(OC)c1OC.